The minimum Gasteiger partial charge on any atom is -0.460 e. The second-order valence-corrected chi connectivity index (χ2v) is 4.90. The molecular weight excluding hydrogens is 220 g/mol. The van der Waals surface area contributed by atoms with Crippen LogP contribution in [0.25, 0.3) is 0 Å². The molecule has 1 heterocycles. The van der Waals surface area contributed by atoms with Crippen LogP contribution in [0.4, 0.5) is 0 Å². The smallest absolute Gasteiger partial charge is 0.328 e. The van der Waals surface area contributed by atoms with E-state index >= 15 is 0 Å². The van der Waals surface area contributed by atoms with Gasteiger partial charge in [-0.2, -0.15) is 0 Å². The van der Waals surface area contributed by atoms with Crippen LogP contribution in [-0.2, 0) is 22.6 Å². The molecule has 0 bridgehead atoms. The Kier molecular flexibility index (Phi) is 4.15. The zero-order chi connectivity index (χ0) is 13.1. The Morgan fingerprint density at radius 2 is 1.88 bits per heavy atom. The van der Waals surface area contributed by atoms with E-state index in [1.165, 1.54) is 4.57 Å². The summed E-state index contributed by atoms with van der Waals surface area (Å²) in [6, 6.07) is 0. The van der Waals surface area contributed by atoms with Crippen molar-refractivity contribution in [3.63, 3.8) is 0 Å². The standard InChI is InChI=1S/C12H20N2O3/c1-5-13-8-9-14(11(13)16)7-6-10(15)17-12(2,3)4/h8-9H,5-7H2,1-4H3. The van der Waals surface area contributed by atoms with Crippen LogP contribution < -0.4 is 5.69 Å². The molecule has 0 aromatic carbocycles. The normalized spacial score (nSPS) is 11.5. The van der Waals surface area contributed by atoms with Crippen molar-refractivity contribution in [3.8, 4) is 0 Å². The molecule has 0 saturated heterocycles. The van der Waals surface area contributed by atoms with Gasteiger partial charge in [0.1, 0.15) is 5.60 Å². The molecular formula is C12H20N2O3. The van der Waals surface area contributed by atoms with E-state index in [2.05, 4.69) is 0 Å². The van der Waals surface area contributed by atoms with E-state index in [1.54, 1.807) is 17.0 Å². The van der Waals surface area contributed by atoms with Crippen LogP contribution in [0.15, 0.2) is 17.2 Å². The molecule has 5 nitrogen and oxygen atoms in total. The molecule has 17 heavy (non-hydrogen) atoms. The van der Waals surface area contributed by atoms with E-state index in [1.807, 2.05) is 27.7 Å². The number of aromatic nitrogens is 2. The number of ether oxygens (including phenoxy) is 1. The summed E-state index contributed by atoms with van der Waals surface area (Å²) in [5.41, 5.74) is -0.562. The summed E-state index contributed by atoms with van der Waals surface area (Å²) in [4.78, 5) is 23.1. The third-order valence-electron chi connectivity index (χ3n) is 2.24. The molecule has 1 rings (SSSR count). The SMILES string of the molecule is CCn1ccn(CCC(=O)OC(C)(C)C)c1=O. The minimum absolute atomic E-state index is 0.0870. The third kappa shape index (κ3) is 4.09. The number of hydrogen-bond acceptors (Lipinski definition) is 3. The summed E-state index contributed by atoms with van der Waals surface area (Å²) in [6.45, 7) is 8.37. The van der Waals surface area contributed by atoms with Crippen molar-refractivity contribution in [2.75, 3.05) is 0 Å². The predicted molar refractivity (Wildman–Crippen MR) is 64.8 cm³/mol. The summed E-state index contributed by atoms with van der Waals surface area (Å²) < 4.78 is 8.28. The molecule has 0 aliphatic rings. The second kappa shape index (κ2) is 5.21. The van der Waals surface area contributed by atoms with Gasteiger partial charge in [0.05, 0.1) is 6.42 Å². The first-order chi connectivity index (χ1) is 7.83. The molecule has 0 amide bonds. The lowest BCUT2D eigenvalue weighted by Crippen LogP contribution is -2.27. The van der Waals surface area contributed by atoms with Crippen LogP contribution in [0.2, 0.25) is 0 Å². The summed E-state index contributed by atoms with van der Waals surface area (Å²) in [6.07, 6.45) is 3.62. The van der Waals surface area contributed by atoms with Crippen LogP contribution >= 0.6 is 0 Å². The van der Waals surface area contributed by atoms with E-state index in [-0.39, 0.29) is 18.1 Å². The monoisotopic (exact) mass is 240 g/mol. The number of aryl methyl sites for hydroxylation is 2. The van der Waals surface area contributed by atoms with E-state index in [4.69, 9.17) is 4.74 Å². The number of hydrogen-bond donors (Lipinski definition) is 0. The molecule has 0 fully saturated rings. The maximum atomic E-state index is 11.7. The van der Waals surface area contributed by atoms with Gasteiger partial charge in [0.15, 0.2) is 0 Å². The lowest BCUT2D eigenvalue weighted by atomic mass is 10.2. The molecule has 0 saturated carbocycles. The van der Waals surface area contributed by atoms with Crippen molar-refractivity contribution in [3.05, 3.63) is 22.9 Å². The van der Waals surface area contributed by atoms with Gasteiger partial charge in [-0.05, 0) is 27.7 Å². The van der Waals surface area contributed by atoms with E-state index < -0.39 is 5.60 Å². The highest BCUT2D eigenvalue weighted by atomic mass is 16.6. The molecule has 0 radical (unpaired) electrons. The number of rotatable bonds is 4. The molecule has 0 unspecified atom stereocenters. The molecule has 0 aliphatic carbocycles. The van der Waals surface area contributed by atoms with Crippen LogP contribution in [0.3, 0.4) is 0 Å². The van der Waals surface area contributed by atoms with Crippen molar-refractivity contribution in [1.82, 2.24) is 9.13 Å². The number of esters is 1. The highest BCUT2D eigenvalue weighted by molar-refractivity contribution is 5.69. The van der Waals surface area contributed by atoms with Gasteiger partial charge in [0, 0.05) is 25.5 Å². The average Bonchev–Trinajstić information content (AvgIpc) is 2.54. The Morgan fingerprint density at radius 3 is 2.35 bits per heavy atom. The Balaban J connectivity index is 2.54. The number of carbonyl (C=O) groups excluding carboxylic acids is 1. The van der Waals surface area contributed by atoms with Gasteiger partial charge >= 0.3 is 11.7 Å². The molecule has 1 aromatic heterocycles. The van der Waals surface area contributed by atoms with Gasteiger partial charge in [-0.25, -0.2) is 4.79 Å². The number of carbonyl (C=O) groups is 1. The van der Waals surface area contributed by atoms with Crippen LogP contribution in [0.5, 0.6) is 0 Å². The lowest BCUT2D eigenvalue weighted by Gasteiger charge is -2.19. The molecule has 1 aromatic rings. The Bertz CT molecular complexity index is 437. The van der Waals surface area contributed by atoms with Crippen molar-refractivity contribution < 1.29 is 9.53 Å². The maximum Gasteiger partial charge on any atom is 0.328 e. The lowest BCUT2D eigenvalue weighted by molar-refractivity contribution is -0.155. The summed E-state index contributed by atoms with van der Waals surface area (Å²) in [5.74, 6) is -0.284. The summed E-state index contributed by atoms with van der Waals surface area (Å²) in [7, 11) is 0. The molecule has 0 atom stereocenters. The van der Waals surface area contributed by atoms with Gasteiger partial charge in [0.25, 0.3) is 0 Å². The fourth-order valence-electron chi connectivity index (χ4n) is 1.47. The molecule has 0 aliphatic heterocycles. The second-order valence-electron chi connectivity index (χ2n) is 4.90. The Hall–Kier alpha value is -1.52. The summed E-state index contributed by atoms with van der Waals surface area (Å²) >= 11 is 0. The predicted octanol–water partition coefficient (Wildman–Crippen LogP) is 1.40. The zero-order valence-electron chi connectivity index (χ0n) is 10.9. The van der Waals surface area contributed by atoms with Crippen molar-refractivity contribution in [2.45, 2.75) is 52.8 Å². The van der Waals surface area contributed by atoms with Crippen LogP contribution in [-0.4, -0.2) is 20.7 Å². The fraction of sp³-hybridized carbons (Fsp3) is 0.667. The van der Waals surface area contributed by atoms with Gasteiger partial charge < -0.3 is 4.74 Å². The van der Waals surface area contributed by atoms with Crippen LogP contribution in [0, 0.1) is 0 Å². The molecule has 0 N–H and O–H groups in total. The first-order valence-corrected chi connectivity index (χ1v) is 5.81. The van der Waals surface area contributed by atoms with Gasteiger partial charge in [-0.15, -0.1) is 0 Å². The largest absolute Gasteiger partial charge is 0.460 e. The number of nitrogens with zero attached hydrogens (tertiary/aromatic N) is 2. The maximum absolute atomic E-state index is 11.7. The highest BCUT2D eigenvalue weighted by Gasteiger charge is 2.16. The van der Waals surface area contributed by atoms with Gasteiger partial charge in [-0.3, -0.25) is 13.9 Å². The van der Waals surface area contributed by atoms with Crippen molar-refractivity contribution in [1.29, 1.82) is 0 Å². The fourth-order valence-corrected chi connectivity index (χ4v) is 1.47. The average molecular weight is 240 g/mol. The Morgan fingerprint density at radius 1 is 1.29 bits per heavy atom. The number of imidazole rings is 1. The van der Waals surface area contributed by atoms with Gasteiger partial charge in [-0.1, -0.05) is 0 Å². The van der Waals surface area contributed by atoms with E-state index in [9.17, 15) is 9.59 Å². The Labute approximate surface area is 101 Å². The summed E-state index contributed by atoms with van der Waals surface area (Å²) in [5, 5.41) is 0. The molecule has 96 valence electrons. The molecule has 0 spiro atoms. The highest BCUT2D eigenvalue weighted by Crippen LogP contribution is 2.08. The minimum atomic E-state index is -0.475. The third-order valence-corrected chi connectivity index (χ3v) is 2.24. The van der Waals surface area contributed by atoms with Crippen LogP contribution in [0.1, 0.15) is 34.1 Å². The molecule has 5 heteroatoms. The van der Waals surface area contributed by atoms with Crippen molar-refractivity contribution in [2.24, 2.45) is 0 Å². The van der Waals surface area contributed by atoms with Gasteiger partial charge in [0.2, 0.25) is 0 Å². The van der Waals surface area contributed by atoms with E-state index in [0.29, 0.717) is 13.1 Å². The van der Waals surface area contributed by atoms with Crippen molar-refractivity contribution >= 4 is 5.97 Å². The first-order valence-electron chi connectivity index (χ1n) is 5.81. The topological polar surface area (TPSA) is 53.2 Å². The zero-order valence-corrected chi connectivity index (χ0v) is 10.9. The quantitative estimate of drug-likeness (QED) is 0.747. The van der Waals surface area contributed by atoms with E-state index in [0.717, 1.165) is 0 Å². The first kappa shape index (κ1) is 13.5.